The summed E-state index contributed by atoms with van der Waals surface area (Å²) in [6.07, 6.45) is 8.63. The number of hydrogen-bond acceptors (Lipinski definition) is 3. The lowest BCUT2D eigenvalue weighted by atomic mass is 10.1. The number of carbonyl (C=O) groups excluding carboxylic acids is 1. The molecule has 3 rings (SSSR count). The second-order valence-corrected chi connectivity index (χ2v) is 7.30. The van der Waals surface area contributed by atoms with Crippen LogP contribution in [0.5, 0.6) is 0 Å². The number of nitriles is 1. The van der Waals surface area contributed by atoms with Crippen molar-refractivity contribution in [1.29, 1.82) is 5.26 Å². The van der Waals surface area contributed by atoms with Gasteiger partial charge in [0.25, 0.3) is 0 Å². The summed E-state index contributed by atoms with van der Waals surface area (Å²) in [4.78, 5) is 13.4. The average molecular weight is 357 g/mol. The van der Waals surface area contributed by atoms with E-state index >= 15 is 0 Å². The van der Waals surface area contributed by atoms with E-state index in [0.29, 0.717) is 15.6 Å². The Morgan fingerprint density at radius 2 is 1.96 bits per heavy atom. The Kier molecular flexibility index (Phi) is 5.34. The summed E-state index contributed by atoms with van der Waals surface area (Å²) < 4.78 is 0. The van der Waals surface area contributed by atoms with Gasteiger partial charge in [-0.2, -0.15) is 5.26 Å². The number of rotatable bonds is 3. The predicted molar refractivity (Wildman–Crippen MR) is 99.4 cm³/mol. The summed E-state index contributed by atoms with van der Waals surface area (Å²) in [6, 6.07) is 9.53. The van der Waals surface area contributed by atoms with Gasteiger partial charge < -0.3 is 5.32 Å². The van der Waals surface area contributed by atoms with Crippen molar-refractivity contribution >= 4 is 39.9 Å². The van der Waals surface area contributed by atoms with E-state index in [1.807, 2.05) is 12.1 Å². The number of nitrogens with zero attached hydrogens (tertiary/aromatic N) is 1. The molecule has 0 saturated carbocycles. The van der Waals surface area contributed by atoms with Gasteiger partial charge in [0.15, 0.2) is 0 Å². The van der Waals surface area contributed by atoms with Gasteiger partial charge in [0.1, 0.15) is 11.1 Å². The molecule has 0 radical (unpaired) electrons. The molecule has 0 aliphatic heterocycles. The summed E-state index contributed by atoms with van der Waals surface area (Å²) in [6.45, 7) is 0. The Balaban J connectivity index is 1.75. The number of thiophene rings is 1. The minimum atomic E-state index is -0.224. The van der Waals surface area contributed by atoms with Crippen LogP contribution in [-0.4, -0.2) is 5.91 Å². The number of amides is 1. The van der Waals surface area contributed by atoms with E-state index in [2.05, 4.69) is 11.4 Å². The molecular formula is C19H17ClN2OS. The number of benzene rings is 1. The molecule has 1 amide bonds. The molecule has 0 saturated heterocycles. The first kappa shape index (κ1) is 16.8. The van der Waals surface area contributed by atoms with E-state index < -0.39 is 0 Å². The van der Waals surface area contributed by atoms with Crippen LogP contribution in [0.2, 0.25) is 5.02 Å². The fourth-order valence-electron chi connectivity index (χ4n) is 2.85. The molecule has 1 aliphatic carbocycles. The van der Waals surface area contributed by atoms with Gasteiger partial charge in [0, 0.05) is 16.0 Å². The third-order valence-corrected chi connectivity index (χ3v) is 5.53. The lowest BCUT2D eigenvalue weighted by molar-refractivity contribution is -0.111. The Labute approximate surface area is 150 Å². The number of halogens is 1. The van der Waals surface area contributed by atoms with Gasteiger partial charge in [0.05, 0.1) is 5.56 Å². The average Bonchev–Trinajstić information content (AvgIpc) is 2.74. The molecule has 0 bridgehead atoms. The second kappa shape index (κ2) is 7.65. The van der Waals surface area contributed by atoms with Gasteiger partial charge >= 0.3 is 0 Å². The normalized spacial score (nSPS) is 14.0. The molecule has 122 valence electrons. The third kappa shape index (κ3) is 3.87. The van der Waals surface area contributed by atoms with E-state index in [4.69, 9.17) is 11.6 Å². The zero-order chi connectivity index (χ0) is 16.9. The SMILES string of the molecule is N#Cc1c(NC(=O)C=Cc2ccc(Cl)cc2)sc2c1CCCCC2. The number of aryl methyl sites for hydroxylation is 1. The van der Waals surface area contributed by atoms with Crippen LogP contribution in [0.4, 0.5) is 5.00 Å². The maximum absolute atomic E-state index is 12.2. The van der Waals surface area contributed by atoms with Gasteiger partial charge in [-0.15, -0.1) is 11.3 Å². The van der Waals surface area contributed by atoms with Crippen molar-refractivity contribution in [1.82, 2.24) is 0 Å². The Hall–Kier alpha value is -2.09. The molecule has 1 heterocycles. The second-order valence-electron chi connectivity index (χ2n) is 5.75. The lowest BCUT2D eigenvalue weighted by Crippen LogP contribution is -2.07. The standard InChI is InChI=1S/C19H17ClN2OS/c20-14-9-6-13(7-10-14)8-11-18(23)22-19-16(12-21)15-4-2-1-3-5-17(15)24-19/h6-11H,1-5H2,(H,22,23). The first-order valence-electron chi connectivity index (χ1n) is 7.96. The fraction of sp³-hybridized carbons (Fsp3) is 0.263. The molecule has 24 heavy (non-hydrogen) atoms. The number of anilines is 1. The molecular weight excluding hydrogens is 340 g/mol. The van der Waals surface area contributed by atoms with Crippen LogP contribution in [0, 0.1) is 11.3 Å². The summed E-state index contributed by atoms with van der Waals surface area (Å²) >= 11 is 7.39. The molecule has 3 nitrogen and oxygen atoms in total. The van der Waals surface area contributed by atoms with E-state index in [9.17, 15) is 10.1 Å². The van der Waals surface area contributed by atoms with Crippen LogP contribution in [-0.2, 0) is 17.6 Å². The predicted octanol–water partition coefficient (Wildman–Crippen LogP) is 5.19. The Bertz CT molecular complexity index is 815. The van der Waals surface area contributed by atoms with Crippen molar-refractivity contribution in [2.45, 2.75) is 32.1 Å². The van der Waals surface area contributed by atoms with Crippen molar-refractivity contribution in [3.63, 3.8) is 0 Å². The summed E-state index contributed by atoms with van der Waals surface area (Å²) in [5, 5.41) is 13.7. The molecule has 1 aromatic heterocycles. The molecule has 0 fully saturated rings. The van der Waals surface area contributed by atoms with Crippen LogP contribution in [0.25, 0.3) is 6.08 Å². The number of carbonyl (C=O) groups is 1. The number of hydrogen-bond donors (Lipinski definition) is 1. The van der Waals surface area contributed by atoms with Crippen molar-refractivity contribution in [3.05, 3.63) is 56.9 Å². The quantitative estimate of drug-likeness (QED) is 0.607. The van der Waals surface area contributed by atoms with E-state index in [1.165, 1.54) is 17.4 Å². The highest BCUT2D eigenvalue weighted by Crippen LogP contribution is 2.36. The summed E-state index contributed by atoms with van der Waals surface area (Å²) in [7, 11) is 0. The topological polar surface area (TPSA) is 52.9 Å². The highest BCUT2D eigenvalue weighted by Gasteiger charge is 2.20. The zero-order valence-corrected chi connectivity index (χ0v) is 14.7. The largest absolute Gasteiger partial charge is 0.313 e. The third-order valence-electron chi connectivity index (χ3n) is 4.07. The number of fused-ring (bicyclic) bond motifs is 1. The lowest BCUT2D eigenvalue weighted by Gasteiger charge is -2.01. The van der Waals surface area contributed by atoms with Crippen LogP contribution in [0.3, 0.4) is 0 Å². The van der Waals surface area contributed by atoms with Crippen molar-refractivity contribution in [3.8, 4) is 6.07 Å². The van der Waals surface area contributed by atoms with Crippen LogP contribution in [0.15, 0.2) is 30.3 Å². The summed E-state index contributed by atoms with van der Waals surface area (Å²) in [5.41, 5.74) is 2.68. The molecule has 1 aliphatic rings. The van der Waals surface area contributed by atoms with Crippen LogP contribution < -0.4 is 5.32 Å². The van der Waals surface area contributed by atoms with E-state index in [1.54, 1.807) is 29.5 Å². The molecule has 2 aromatic rings. The molecule has 0 atom stereocenters. The van der Waals surface area contributed by atoms with Crippen LogP contribution in [0.1, 0.15) is 40.8 Å². The van der Waals surface area contributed by atoms with Crippen LogP contribution >= 0.6 is 22.9 Å². The van der Waals surface area contributed by atoms with Crippen molar-refractivity contribution < 1.29 is 4.79 Å². The van der Waals surface area contributed by atoms with Gasteiger partial charge in [-0.3, -0.25) is 4.79 Å². The van der Waals surface area contributed by atoms with Gasteiger partial charge in [-0.1, -0.05) is 30.2 Å². The Morgan fingerprint density at radius 3 is 2.71 bits per heavy atom. The molecule has 0 unspecified atom stereocenters. The summed E-state index contributed by atoms with van der Waals surface area (Å²) in [5.74, 6) is -0.224. The molecule has 1 N–H and O–H groups in total. The highest BCUT2D eigenvalue weighted by molar-refractivity contribution is 7.16. The molecule has 0 spiro atoms. The highest BCUT2D eigenvalue weighted by atomic mass is 35.5. The van der Waals surface area contributed by atoms with Gasteiger partial charge in [0.2, 0.25) is 5.91 Å². The number of nitrogens with one attached hydrogen (secondary N) is 1. The van der Waals surface area contributed by atoms with E-state index in [0.717, 1.165) is 36.8 Å². The van der Waals surface area contributed by atoms with Crippen molar-refractivity contribution in [2.24, 2.45) is 0 Å². The van der Waals surface area contributed by atoms with Gasteiger partial charge in [-0.05, 0) is 55.0 Å². The van der Waals surface area contributed by atoms with Gasteiger partial charge in [-0.25, -0.2) is 0 Å². The Morgan fingerprint density at radius 1 is 1.21 bits per heavy atom. The first-order valence-corrected chi connectivity index (χ1v) is 9.16. The minimum absolute atomic E-state index is 0.224. The maximum atomic E-state index is 12.2. The smallest absolute Gasteiger partial charge is 0.249 e. The first-order chi connectivity index (χ1) is 11.7. The zero-order valence-electron chi connectivity index (χ0n) is 13.1. The van der Waals surface area contributed by atoms with Crippen molar-refractivity contribution in [2.75, 3.05) is 5.32 Å². The molecule has 1 aromatic carbocycles. The minimum Gasteiger partial charge on any atom is -0.313 e. The fourth-order valence-corrected chi connectivity index (χ4v) is 4.22. The van der Waals surface area contributed by atoms with E-state index in [-0.39, 0.29) is 5.91 Å². The molecule has 5 heteroatoms. The maximum Gasteiger partial charge on any atom is 0.249 e. The monoisotopic (exact) mass is 356 g/mol.